The fourth-order valence-electron chi connectivity index (χ4n) is 1.89. The highest BCUT2D eigenvalue weighted by Gasteiger charge is 2.16. The summed E-state index contributed by atoms with van der Waals surface area (Å²) in [5.74, 6) is 0.124. The van der Waals surface area contributed by atoms with Crippen molar-refractivity contribution in [3.05, 3.63) is 29.8 Å². The van der Waals surface area contributed by atoms with E-state index in [4.69, 9.17) is 10.5 Å². The largest absolute Gasteiger partial charge is 0.491 e. The highest BCUT2D eigenvalue weighted by Crippen LogP contribution is 2.18. The summed E-state index contributed by atoms with van der Waals surface area (Å²) >= 11 is 0. The molecule has 0 aromatic heterocycles. The van der Waals surface area contributed by atoms with E-state index in [2.05, 4.69) is 5.32 Å². The molecule has 0 unspecified atom stereocenters. The fourth-order valence-corrected chi connectivity index (χ4v) is 1.89. The Bertz CT molecular complexity index is 373. The van der Waals surface area contributed by atoms with Gasteiger partial charge in [0.1, 0.15) is 12.4 Å². The van der Waals surface area contributed by atoms with Crippen LogP contribution in [-0.4, -0.2) is 25.1 Å². The van der Waals surface area contributed by atoms with Gasteiger partial charge in [-0.2, -0.15) is 0 Å². The van der Waals surface area contributed by atoms with Crippen LogP contribution in [0.5, 0.6) is 5.75 Å². The molecule has 1 amide bonds. The maximum Gasteiger partial charge on any atom is 0.252 e. The van der Waals surface area contributed by atoms with Crippen molar-refractivity contribution < 1.29 is 9.53 Å². The Morgan fingerprint density at radius 1 is 1.50 bits per heavy atom. The van der Waals surface area contributed by atoms with Crippen LogP contribution in [0.3, 0.4) is 0 Å². The second kappa shape index (κ2) is 4.99. The Hall–Kier alpha value is -1.55. The van der Waals surface area contributed by atoms with Gasteiger partial charge >= 0.3 is 0 Å². The number of carbonyl (C=O) groups is 1. The molecule has 1 fully saturated rings. The number of amides is 1. The second-order valence-corrected chi connectivity index (χ2v) is 3.96. The average molecular weight is 220 g/mol. The molecular formula is C12H16N2O2. The molecule has 86 valence electrons. The van der Waals surface area contributed by atoms with Gasteiger partial charge in [0.2, 0.25) is 0 Å². The number of ether oxygens (including phenoxy) is 1. The number of nitrogens with one attached hydrogen (secondary N) is 1. The summed E-state index contributed by atoms with van der Waals surface area (Å²) in [5.41, 5.74) is 5.71. The predicted octanol–water partition coefficient (Wildman–Crippen LogP) is 0.916. The lowest BCUT2D eigenvalue weighted by Crippen LogP contribution is -2.28. The summed E-state index contributed by atoms with van der Waals surface area (Å²) < 4.78 is 5.62. The van der Waals surface area contributed by atoms with Gasteiger partial charge in [0.05, 0.1) is 5.56 Å². The molecule has 1 aromatic carbocycles. The minimum absolute atomic E-state index is 0.390. The van der Waals surface area contributed by atoms with Gasteiger partial charge in [-0.15, -0.1) is 0 Å². The van der Waals surface area contributed by atoms with Crippen LogP contribution in [0.4, 0.5) is 0 Å². The molecular weight excluding hydrogens is 204 g/mol. The molecule has 1 saturated heterocycles. The van der Waals surface area contributed by atoms with Gasteiger partial charge in [-0.25, -0.2) is 0 Å². The zero-order valence-electron chi connectivity index (χ0n) is 9.11. The van der Waals surface area contributed by atoms with Crippen LogP contribution in [0.25, 0.3) is 0 Å². The highest BCUT2D eigenvalue weighted by atomic mass is 16.5. The summed E-state index contributed by atoms with van der Waals surface area (Å²) in [6.07, 6.45) is 2.31. The SMILES string of the molecule is NC(=O)c1ccccc1OC[C@H]1CCCN1. The standard InChI is InChI=1S/C12H16N2O2/c13-12(15)10-5-1-2-6-11(10)16-8-9-4-3-7-14-9/h1-2,5-6,9,14H,3-4,7-8H2,(H2,13,15)/t9-/m1/s1. The Morgan fingerprint density at radius 3 is 3.00 bits per heavy atom. The van der Waals surface area contributed by atoms with Gasteiger partial charge in [0, 0.05) is 6.04 Å². The number of hydrogen-bond donors (Lipinski definition) is 2. The van der Waals surface area contributed by atoms with Crippen molar-refractivity contribution in [2.45, 2.75) is 18.9 Å². The van der Waals surface area contributed by atoms with E-state index in [0.717, 1.165) is 13.0 Å². The smallest absolute Gasteiger partial charge is 0.252 e. The summed E-state index contributed by atoms with van der Waals surface area (Å²) in [6.45, 7) is 1.63. The zero-order chi connectivity index (χ0) is 11.4. The molecule has 0 spiro atoms. The third-order valence-corrected chi connectivity index (χ3v) is 2.75. The number of para-hydroxylation sites is 1. The Morgan fingerprint density at radius 2 is 2.31 bits per heavy atom. The molecule has 0 radical (unpaired) electrons. The first-order valence-electron chi connectivity index (χ1n) is 5.52. The number of rotatable bonds is 4. The van der Waals surface area contributed by atoms with Crippen LogP contribution in [0.1, 0.15) is 23.2 Å². The molecule has 1 aliphatic rings. The molecule has 4 heteroatoms. The summed E-state index contributed by atoms with van der Waals surface area (Å²) in [6, 6.07) is 7.46. The molecule has 0 aliphatic carbocycles. The fraction of sp³-hybridized carbons (Fsp3) is 0.417. The first-order chi connectivity index (χ1) is 7.77. The van der Waals surface area contributed by atoms with E-state index in [0.29, 0.717) is 24.0 Å². The summed E-state index contributed by atoms with van der Waals surface area (Å²) in [4.78, 5) is 11.1. The molecule has 16 heavy (non-hydrogen) atoms. The maximum atomic E-state index is 11.1. The van der Waals surface area contributed by atoms with Gasteiger partial charge in [-0.05, 0) is 31.5 Å². The van der Waals surface area contributed by atoms with Gasteiger partial charge in [0.15, 0.2) is 0 Å². The van der Waals surface area contributed by atoms with E-state index in [1.807, 2.05) is 6.07 Å². The Labute approximate surface area is 94.8 Å². The van der Waals surface area contributed by atoms with Gasteiger partial charge in [-0.3, -0.25) is 4.79 Å². The van der Waals surface area contributed by atoms with Crippen molar-refractivity contribution in [2.75, 3.05) is 13.2 Å². The molecule has 2 rings (SSSR count). The van der Waals surface area contributed by atoms with Crippen LogP contribution in [0.2, 0.25) is 0 Å². The van der Waals surface area contributed by atoms with Crippen LogP contribution in [0, 0.1) is 0 Å². The van der Waals surface area contributed by atoms with Crippen molar-refractivity contribution in [1.82, 2.24) is 5.32 Å². The van der Waals surface area contributed by atoms with Gasteiger partial charge in [-0.1, -0.05) is 12.1 Å². The lowest BCUT2D eigenvalue weighted by molar-refractivity contribution is 0.0996. The Kier molecular flexibility index (Phi) is 3.41. The summed E-state index contributed by atoms with van der Waals surface area (Å²) in [7, 11) is 0. The van der Waals surface area contributed by atoms with Crippen molar-refractivity contribution in [2.24, 2.45) is 5.73 Å². The van der Waals surface area contributed by atoms with Crippen molar-refractivity contribution in [3.63, 3.8) is 0 Å². The van der Waals surface area contributed by atoms with Crippen LogP contribution in [-0.2, 0) is 0 Å². The summed E-state index contributed by atoms with van der Waals surface area (Å²) in [5, 5.41) is 3.33. The van der Waals surface area contributed by atoms with Gasteiger partial charge < -0.3 is 15.8 Å². The monoisotopic (exact) mass is 220 g/mol. The average Bonchev–Trinajstić information content (AvgIpc) is 2.79. The minimum Gasteiger partial charge on any atom is -0.491 e. The highest BCUT2D eigenvalue weighted by molar-refractivity contribution is 5.95. The lowest BCUT2D eigenvalue weighted by atomic mass is 10.2. The number of carbonyl (C=O) groups excluding carboxylic acids is 1. The number of hydrogen-bond acceptors (Lipinski definition) is 3. The third kappa shape index (κ3) is 2.52. The number of nitrogens with two attached hydrogens (primary N) is 1. The number of benzene rings is 1. The maximum absolute atomic E-state index is 11.1. The van der Waals surface area contributed by atoms with E-state index >= 15 is 0 Å². The van der Waals surface area contributed by atoms with E-state index in [1.165, 1.54) is 6.42 Å². The van der Waals surface area contributed by atoms with Crippen molar-refractivity contribution in [1.29, 1.82) is 0 Å². The van der Waals surface area contributed by atoms with Crippen LogP contribution in [0.15, 0.2) is 24.3 Å². The molecule has 4 nitrogen and oxygen atoms in total. The van der Waals surface area contributed by atoms with Crippen molar-refractivity contribution >= 4 is 5.91 Å². The molecule has 0 saturated carbocycles. The van der Waals surface area contributed by atoms with Gasteiger partial charge in [0.25, 0.3) is 5.91 Å². The van der Waals surface area contributed by atoms with Crippen LogP contribution >= 0.6 is 0 Å². The molecule has 3 N–H and O–H groups in total. The normalized spacial score (nSPS) is 19.6. The predicted molar refractivity (Wildman–Crippen MR) is 61.5 cm³/mol. The first kappa shape index (κ1) is 11.0. The molecule has 1 atom stereocenters. The quantitative estimate of drug-likeness (QED) is 0.793. The van der Waals surface area contributed by atoms with E-state index in [9.17, 15) is 4.79 Å². The number of primary amides is 1. The molecule has 1 heterocycles. The van der Waals surface area contributed by atoms with E-state index in [1.54, 1.807) is 18.2 Å². The minimum atomic E-state index is -0.449. The van der Waals surface area contributed by atoms with E-state index in [-0.39, 0.29) is 0 Å². The molecule has 1 aliphatic heterocycles. The molecule has 0 bridgehead atoms. The lowest BCUT2D eigenvalue weighted by Gasteiger charge is -2.13. The van der Waals surface area contributed by atoms with Crippen LogP contribution < -0.4 is 15.8 Å². The van der Waals surface area contributed by atoms with E-state index < -0.39 is 5.91 Å². The zero-order valence-corrected chi connectivity index (χ0v) is 9.11. The topological polar surface area (TPSA) is 64.4 Å². The Balaban J connectivity index is 2.00. The first-order valence-corrected chi connectivity index (χ1v) is 5.52. The van der Waals surface area contributed by atoms with Crippen molar-refractivity contribution in [3.8, 4) is 5.75 Å². The third-order valence-electron chi connectivity index (χ3n) is 2.75. The second-order valence-electron chi connectivity index (χ2n) is 3.96. The molecule has 1 aromatic rings.